The van der Waals surface area contributed by atoms with Gasteiger partial charge in [0, 0.05) is 58.8 Å². The highest BCUT2D eigenvalue weighted by Gasteiger charge is 2.18. The van der Waals surface area contributed by atoms with Crippen LogP contribution >= 0.6 is 90.7 Å². The van der Waals surface area contributed by atoms with E-state index in [9.17, 15) is 0 Å². The zero-order valence-electron chi connectivity index (χ0n) is 37.9. The van der Waals surface area contributed by atoms with E-state index in [1.165, 1.54) is 219 Å². The summed E-state index contributed by atoms with van der Waals surface area (Å²) in [6.07, 6.45) is 30.7. The smallest absolute Gasteiger partial charge is 0.0642 e. The molecule has 2 aromatic carbocycles. The summed E-state index contributed by atoms with van der Waals surface area (Å²) in [5.41, 5.74) is 0. The quantitative estimate of drug-likeness (QED) is 0.0529. The fourth-order valence-corrected chi connectivity index (χ4v) is 19.6. The van der Waals surface area contributed by atoms with Crippen molar-refractivity contribution in [3.05, 3.63) is 94.7 Å². The molecule has 8 heteroatoms. The molecule has 0 radical (unpaired) electrons. The van der Waals surface area contributed by atoms with Crippen molar-refractivity contribution in [2.24, 2.45) is 0 Å². The second-order valence-electron chi connectivity index (χ2n) is 17.7. The molecule has 0 saturated carbocycles. The van der Waals surface area contributed by atoms with Gasteiger partial charge in [-0.05, 0) is 74.2 Å². The molecular formula is C56H64S8. The van der Waals surface area contributed by atoms with Crippen LogP contribution in [0.3, 0.4) is 0 Å². The molecule has 0 aliphatic carbocycles. The van der Waals surface area contributed by atoms with Crippen LogP contribution < -0.4 is 0 Å². The SMILES string of the molecule is CCCCCCCCCCCCc1ccc(-c2cc3sc4c5ccccc5sc4c3s2)s1.CCCCCCCCCCCCc1ccc(-c2cc3sc4c5ccccc5sc4c3s2)s1. The molecule has 0 unspecified atom stereocenters. The summed E-state index contributed by atoms with van der Waals surface area (Å²) >= 11 is 15.9. The highest BCUT2D eigenvalue weighted by molar-refractivity contribution is 7.43. The molecule has 0 N–H and O–H groups in total. The fourth-order valence-electron chi connectivity index (χ4n) is 9.09. The monoisotopic (exact) mass is 992 g/mol. The molecule has 64 heavy (non-hydrogen) atoms. The van der Waals surface area contributed by atoms with Gasteiger partial charge < -0.3 is 0 Å². The van der Waals surface area contributed by atoms with E-state index < -0.39 is 0 Å². The predicted molar refractivity (Wildman–Crippen MR) is 303 cm³/mol. The Bertz CT molecular complexity index is 2760. The van der Waals surface area contributed by atoms with E-state index in [1.807, 2.05) is 90.7 Å². The minimum atomic E-state index is 1.25. The molecule has 10 aromatic rings. The molecule has 0 aliphatic heterocycles. The zero-order valence-corrected chi connectivity index (χ0v) is 44.4. The summed E-state index contributed by atoms with van der Waals surface area (Å²) in [5, 5.41) is 2.86. The van der Waals surface area contributed by atoms with Crippen molar-refractivity contribution >= 4 is 148 Å². The first-order valence-electron chi connectivity index (χ1n) is 24.5. The maximum absolute atomic E-state index is 2.43. The molecule has 8 heterocycles. The molecule has 0 bridgehead atoms. The Balaban J connectivity index is 0.000000162. The van der Waals surface area contributed by atoms with Crippen molar-refractivity contribution in [2.75, 3.05) is 0 Å². The first kappa shape index (κ1) is 46.7. The maximum Gasteiger partial charge on any atom is 0.0642 e. The lowest BCUT2D eigenvalue weighted by Gasteiger charge is -2.02. The van der Waals surface area contributed by atoms with Crippen molar-refractivity contribution < 1.29 is 0 Å². The van der Waals surface area contributed by atoms with Crippen LogP contribution in [0.25, 0.3) is 77.3 Å². The topological polar surface area (TPSA) is 0 Å². The minimum absolute atomic E-state index is 1.25. The van der Waals surface area contributed by atoms with E-state index in [-0.39, 0.29) is 0 Å². The van der Waals surface area contributed by atoms with Crippen LogP contribution in [0.1, 0.15) is 152 Å². The van der Waals surface area contributed by atoms with E-state index >= 15 is 0 Å². The van der Waals surface area contributed by atoms with Crippen molar-refractivity contribution in [2.45, 2.75) is 155 Å². The van der Waals surface area contributed by atoms with Gasteiger partial charge in [-0.15, -0.1) is 90.7 Å². The zero-order chi connectivity index (χ0) is 43.5. The summed E-state index contributed by atoms with van der Waals surface area (Å²) in [7, 11) is 0. The van der Waals surface area contributed by atoms with Gasteiger partial charge in [-0.2, -0.15) is 0 Å². The van der Waals surface area contributed by atoms with Crippen LogP contribution in [-0.2, 0) is 12.8 Å². The van der Waals surface area contributed by atoms with E-state index in [4.69, 9.17) is 0 Å². The summed E-state index contributed by atoms with van der Waals surface area (Å²) in [6, 6.07) is 32.0. The molecule has 0 atom stereocenters. The highest BCUT2D eigenvalue weighted by Crippen LogP contribution is 2.51. The average molecular weight is 994 g/mol. The van der Waals surface area contributed by atoms with E-state index in [0.29, 0.717) is 0 Å². The van der Waals surface area contributed by atoms with Gasteiger partial charge in [-0.3, -0.25) is 0 Å². The van der Waals surface area contributed by atoms with Gasteiger partial charge in [0.05, 0.1) is 28.2 Å². The van der Waals surface area contributed by atoms with Crippen molar-refractivity contribution in [3.63, 3.8) is 0 Å². The third-order valence-corrected chi connectivity index (χ3v) is 23.2. The largest absolute Gasteiger partial charge is 0.139 e. The van der Waals surface area contributed by atoms with Gasteiger partial charge in [0.2, 0.25) is 0 Å². The molecule has 0 aliphatic rings. The Morgan fingerprint density at radius 3 is 1.05 bits per heavy atom. The van der Waals surface area contributed by atoms with Gasteiger partial charge >= 0.3 is 0 Å². The molecular weight excluding hydrogens is 929 g/mol. The second-order valence-corrected chi connectivity index (χ2v) is 26.4. The number of hydrogen-bond acceptors (Lipinski definition) is 8. The van der Waals surface area contributed by atoms with E-state index in [2.05, 4.69) is 98.8 Å². The second kappa shape index (κ2) is 23.6. The summed E-state index contributed by atoms with van der Waals surface area (Å²) in [6.45, 7) is 4.59. The van der Waals surface area contributed by atoms with Gasteiger partial charge in [0.1, 0.15) is 0 Å². The number of thiophene rings is 8. The Kier molecular flexibility index (Phi) is 17.2. The number of unbranched alkanes of at least 4 members (excludes halogenated alkanes) is 18. The number of benzene rings is 2. The Morgan fingerprint density at radius 1 is 0.281 bits per heavy atom. The predicted octanol–water partition coefficient (Wildman–Crippen LogP) is 23.0. The molecule has 0 spiro atoms. The van der Waals surface area contributed by atoms with Crippen molar-refractivity contribution in [1.29, 1.82) is 0 Å². The van der Waals surface area contributed by atoms with Crippen molar-refractivity contribution in [1.82, 2.24) is 0 Å². The first-order valence-corrected chi connectivity index (χ1v) is 31.1. The summed E-state index contributed by atoms with van der Waals surface area (Å²) in [4.78, 5) is 8.92. The first-order chi connectivity index (χ1) is 31.7. The number of aryl methyl sites for hydroxylation is 2. The third kappa shape index (κ3) is 11.5. The minimum Gasteiger partial charge on any atom is -0.139 e. The number of hydrogen-bond donors (Lipinski definition) is 0. The lowest BCUT2D eigenvalue weighted by molar-refractivity contribution is 0.557. The molecule has 10 rings (SSSR count). The summed E-state index contributed by atoms with van der Waals surface area (Å²) in [5.74, 6) is 0. The fraction of sp³-hybridized carbons (Fsp3) is 0.429. The molecule has 0 fully saturated rings. The molecule has 0 nitrogen and oxygen atoms in total. The van der Waals surface area contributed by atoms with E-state index in [1.54, 1.807) is 9.75 Å². The maximum atomic E-state index is 2.43. The highest BCUT2D eigenvalue weighted by atomic mass is 32.1. The van der Waals surface area contributed by atoms with Crippen LogP contribution in [0.5, 0.6) is 0 Å². The van der Waals surface area contributed by atoms with Gasteiger partial charge in [-0.1, -0.05) is 166 Å². The van der Waals surface area contributed by atoms with E-state index in [0.717, 1.165) is 0 Å². The molecule has 0 amide bonds. The van der Waals surface area contributed by atoms with Gasteiger partial charge in [0.15, 0.2) is 0 Å². The van der Waals surface area contributed by atoms with Crippen LogP contribution in [0.4, 0.5) is 0 Å². The lowest BCUT2D eigenvalue weighted by Crippen LogP contribution is -1.84. The normalized spacial score (nSPS) is 12.0. The van der Waals surface area contributed by atoms with Crippen LogP contribution in [0.15, 0.2) is 84.9 Å². The van der Waals surface area contributed by atoms with Crippen molar-refractivity contribution in [3.8, 4) is 19.5 Å². The molecule has 336 valence electrons. The average Bonchev–Trinajstić information content (AvgIpc) is 4.18. The third-order valence-electron chi connectivity index (χ3n) is 12.7. The number of fused-ring (bicyclic) bond motifs is 10. The Labute approximate surface area is 414 Å². The lowest BCUT2D eigenvalue weighted by atomic mass is 10.1. The van der Waals surface area contributed by atoms with Crippen LogP contribution in [0.2, 0.25) is 0 Å². The Morgan fingerprint density at radius 2 is 0.641 bits per heavy atom. The van der Waals surface area contributed by atoms with Crippen LogP contribution in [-0.4, -0.2) is 0 Å². The Hall–Kier alpha value is -2.40. The molecule has 0 saturated heterocycles. The van der Waals surface area contributed by atoms with Gasteiger partial charge in [0.25, 0.3) is 0 Å². The van der Waals surface area contributed by atoms with Crippen LogP contribution in [0, 0.1) is 0 Å². The summed E-state index contributed by atoms with van der Waals surface area (Å²) < 4.78 is 14.7. The van der Waals surface area contributed by atoms with Gasteiger partial charge in [-0.25, -0.2) is 0 Å². The number of rotatable bonds is 24. The standard InChI is InChI=1S/2C28H32S4/c2*1-2-3-4-5-6-7-8-9-10-11-14-20-17-18-23(29-20)24-19-25-27(31-24)28-26(32-25)21-15-12-13-16-22(21)30-28/h2*12-13,15-19H,2-11,14H2,1H3. The molecule has 8 aromatic heterocycles.